The SMILES string of the molecule is CC(=O)C1CCc2cc(Cc3ccc(-c4ccc(C)cc4)cc3)ccc2C1. The van der Waals surface area contributed by atoms with Crippen molar-refractivity contribution in [2.45, 2.75) is 39.5 Å². The zero-order valence-corrected chi connectivity index (χ0v) is 16.2. The maximum atomic E-state index is 11.7. The Balaban J connectivity index is 1.48. The number of hydrogen-bond donors (Lipinski definition) is 0. The molecule has 3 aromatic carbocycles. The fourth-order valence-corrected chi connectivity index (χ4v) is 4.06. The van der Waals surface area contributed by atoms with Crippen molar-refractivity contribution in [3.63, 3.8) is 0 Å². The molecule has 0 amide bonds. The first kappa shape index (κ1) is 17.7. The average molecular weight is 354 g/mol. The Bertz CT molecular complexity index is 949. The summed E-state index contributed by atoms with van der Waals surface area (Å²) >= 11 is 0. The highest BCUT2D eigenvalue weighted by molar-refractivity contribution is 5.79. The Labute approximate surface area is 162 Å². The predicted molar refractivity (Wildman–Crippen MR) is 112 cm³/mol. The van der Waals surface area contributed by atoms with Crippen LogP contribution in [0.3, 0.4) is 0 Å². The summed E-state index contributed by atoms with van der Waals surface area (Å²) in [5.74, 6) is 0.552. The standard InChI is InChI=1S/C26H26O/c1-18-3-8-22(9-4-18)23-10-5-20(6-11-23)15-21-7-12-26-17-24(19(2)27)13-14-25(26)16-21/h3-12,16,24H,13-15,17H2,1-2H3. The van der Waals surface area contributed by atoms with Gasteiger partial charge in [-0.05, 0) is 72.9 Å². The van der Waals surface area contributed by atoms with Gasteiger partial charge in [0.15, 0.2) is 0 Å². The number of aryl methyl sites for hydroxylation is 2. The molecule has 1 heteroatoms. The lowest BCUT2D eigenvalue weighted by atomic mass is 9.81. The molecule has 27 heavy (non-hydrogen) atoms. The number of carbonyl (C=O) groups is 1. The van der Waals surface area contributed by atoms with E-state index in [9.17, 15) is 4.79 Å². The van der Waals surface area contributed by atoms with Crippen molar-refractivity contribution in [2.24, 2.45) is 5.92 Å². The first-order chi connectivity index (χ1) is 13.1. The Morgan fingerprint density at radius 3 is 2.15 bits per heavy atom. The van der Waals surface area contributed by atoms with Gasteiger partial charge in [-0.15, -0.1) is 0 Å². The molecular weight excluding hydrogens is 328 g/mol. The molecule has 0 N–H and O–H groups in total. The van der Waals surface area contributed by atoms with Gasteiger partial charge in [-0.1, -0.05) is 72.3 Å². The van der Waals surface area contributed by atoms with Crippen LogP contribution in [0.25, 0.3) is 11.1 Å². The summed E-state index contributed by atoms with van der Waals surface area (Å²) in [6.07, 6.45) is 3.89. The van der Waals surface area contributed by atoms with Crippen LogP contribution in [0.4, 0.5) is 0 Å². The van der Waals surface area contributed by atoms with E-state index in [1.165, 1.54) is 38.9 Å². The zero-order chi connectivity index (χ0) is 18.8. The van der Waals surface area contributed by atoms with Crippen molar-refractivity contribution in [1.29, 1.82) is 0 Å². The molecule has 0 heterocycles. The van der Waals surface area contributed by atoms with Gasteiger partial charge < -0.3 is 0 Å². The molecule has 0 saturated heterocycles. The minimum absolute atomic E-state index is 0.220. The molecule has 0 saturated carbocycles. The van der Waals surface area contributed by atoms with Crippen LogP contribution in [-0.2, 0) is 24.1 Å². The van der Waals surface area contributed by atoms with Gasteiger partial charge in [0, 0.05) is 5.92 Å². The minimum atomic E-state index is 0.220. The lowest BCUT2D eigenvalue weighted by molar-refractivity contribution is -0.121. The third-order valence-corrected chi connectivity index (χ3v) is 5.82. The van der Waals surface area contributed by atoms with Gasteiger partial charge in [0.25, 0.3) is 0 Å². The van der Waals surface area contributed by atoms with Gasteiger partial charge in [-0.2, -0.15) is 0 Å². The molecule has 1 nitrogen and oxygen atoms in total. The average Bonchev–Trinajstić information content (AvgIpc) is 2.69. The summed E-state index contributed by atoms with van der Waals surface area (Å²) in [6, 6.07) is 24.4. The highest BCUT2D eigenvalue weighted by Gasteiger charge is 2.21. The number of benzene rings is 3. The van der Waals surface area contributed by atoms with Crippen molar-refractivity contribution in [1.82, 2.24) is 0 Å². The molecule has 1 aliphatic rings. The lowest BCUT2D eigenvalue weighted by Gasteiger charge is -2.23. The fraction of sp³-hybridized carbons (Fsp3) is 0.269. The normalized spacial score (nSPS) is 16.0. The number of ketones is 1. The van der Waals surface area contributed by atoms with E-state index < -0.39 is 0 Å². The molecule has 0 aliphatic heterocycles. The number of rotatable bonds is 4. The van der Waals surface area contributed by atoms with Crippen LogP contribution >= 0.6 is 0 Å². The monoisotopic (exact) mass is 354 g/mol. The number of Topliss-reactive ketones (excluding diaryl/α,β-unsaturated/α-hetero) is 1. The van der Waals surface area contributed by atoms with Crippen LogP contribution in [-0.4, -0.2) is 5.78 Å². The molecule has 4 rings (SSSR count). The van der Waals surface area contributed by atoms with E-state index in [1.54, 1.807) is 6.92 Å². The summed E-state index contributed by atoms with van der Waals surface area (Å²) < 4.78 is 0. The van der Waals surface area contributed by atoms with E-state index >= 15 is 0 Å². The van der Waals surface area contributed by atoms with E-state index in [0.717, 1.165) is 25.7 Å². The maximum Gasteiger partial charge on any atom is 0.133 e. The van der Waals surface area contributed by atoms with Gasteiger partial charge in [-0.3, -0.25) is 4.79 Å². The molecule has 1 aliphatic carbocycles. The lowest BCUT2D eigenvalue weighted by Crippen LogP contribution is -2.20. The van der Waals surface area contributed by atoms with Crippen molar-refractivity contribution >= 4 is 5.78 Å². The topological polar surface area (TPSA) is 17.1 Å². The fourth-order valence-electron chi connectivity index (χ4n) is 4.06. The van der Waals surface area contributed by atoms with Crippen LogP contribution in [0.1, 0.15) is 41.2 Å². The summed E-state index contributed by atoms with van der Waals surface area (Å²) in [7, 11) is 0. The van der Waals surface area contributed by atoms with Crippen molar-refractivity contribution in [3.05, 3.63) is 94.5 Å². The Morgan fingerprint density at radius 2 is 1.48 bits per heavy atom. The molecule has 3 aromatic rings. The Morgan fingerprint density at radius 1 is 0.852 bits per heavy atom. The smallest absolute Gasteiger partial charge is 0.133 e. The Hall–Kier alpha value is -2.67. The van der Waals surface area contributed by atoms with Gasteiger partial charge in [0.1, 0.15) is 5.78 Å². The zero-order valence-electron chi connectivity index (χ0n) is 16.2. The highest BCUT2D eigenvalue weighted by Crippen LogP contribution is 2.28. The molecule has 1 unspecified atom stereocenters. The number of fused-ring (bicyclic) bond motifs is 1. The molecular formula is C26H26O. The molecule has 0 aromatic heterocycles. The Kier molecular flexibility index (Phi) is 4.94. The van der Waals surface area contributed by atoms with Crippen LogP contribution in [0.5, 0.6) is 0 Å². The molecule has 0 bridgehead atoms. The van der Waals surface area contributed by atoms with Crippen molar-refractivity contribution in [3.8, 4) is 11.1 Å². The third kappa shape index (κ3) is 4.03. The van der Waals surface area contributed by atoms with E-state index in [0.29, 0.717) is 5.78 Å². The summed E-state index contributed by atoms with van der Waals surface area (Å²) in [5, 5.41) is 0. The number of hydrogen-bond acceptors (Lipinski definition) is 1. The van der Waals surface area contributed by atoms with E-state index in [4.69, 9.17) is 0 Å². The van der Waals surface area contributed by atoms with Crippen LogP contribution < -0.4 is 0 Å². The second-order valence-corrected chi connectivity index (χ2v) is 7.89. The maximum absolute atomic E-state index is 11.7. The van der Waals surface area contributed by atoms with E-state index in [-0.39, 0.29) is 5.92 Å². The summed E-state index contributed by atoms with van der Waals surface area (Å²) in [6.45, 7) is 3.84. The first-order valence-corrected chi connectivity index (χ1v) is 9.85. The van der Waals surface area contributed by atoms with Gasteiger partial charge in [0.05, 0.1) is 0 Å². The second kappa shape index (κ2) is 7.52. The third-order valence-electron chi connectivity index (χ3n) is 5.82. The molecule has 0 fully saturated rings. The summed E-state index contributed by atoms with van der Waals surface area (Å²) in [4.78, 5) is 11.7. The van der Waals surface area contributed by atoms with E-state index in [1.807, 2.05) is 0 Å². The number of carbonyl (C=O) groups excluding carboxylic acids is 1. The van der Waals surface area contributed by atoms with Crippen molar-refractivity contribution < 1.29 is 4.79 Å². The van der Waals surface area contributed by atoms with Gasteiger partial charge in [0.2, 0.25) is 0 Å². The van der Waals surface area contributed by atoms with Gasteiger partial charge in [-0.25, -0.2) is 0 Å². The quantitative estimate of drug-likeness (QED) is 0.566. The molecule has 136 valence electrons. The molecule has 0 radical (unpaired) electrons. The minimum Gasteiger partial charge on any atom is -0.300 e. The summed E-state index contributed by atoms with van der Waals surface area (Å²) in [5.41, 5.74) is 9.31. The largest absolute Gasteiger partial charge is 0.300 e. The van der Waals surface area contributed by atoms with Crippen molar-refractivity contribution in [2.75, 3.05) is 0 Å². The van der Waals surface area contributed by atoms with Crippen LogP contribution in [0, 0.1) is 12.8 Å². The van der Waals surface area contributed by atoms with E-state index in [2.05, 4.69) is 73.7 Å². The van der Waals surface area contributed by atoms with Gasteiger partial charge >= 0.3 is 0 Å². The second-order valence-electron chi connectivity index (χ2n) is 7.89. The van der Waals surface area contributed by atoms with Crippen LogP contribution in [0.15, 0.2) is 66.7 Å². The van der Waals surface area contributed by atoms with Crippen LogP contribution in [0.2, 0.25) is 0 Å². The first-order valence-electron chi connectivity index (χ1n) is 9.85. The molecule has 0 spiro atoms. The highest BCUT2D eigenvalue weighted by atomic mass is 16.1. The molecule has 1 atom stereocenters. The predicted octanol–water partition coefficient (Wildman–Crippen LogP) is 5.95.